The summed E-state index contributed by atoms with van der Waals surface area (Å²) >= 11 is 0. The SMILES string of the molecule is Cc1ccc(CNC(=O)C2CCN(C(=O)N(C)C)CC2)cc1. The predicted octanol–water partition coefficient (Wildman–Crippen LogP) is 2.00. The third kappa shape index (κ3) is 4.23. The van der Waals surface area contributed by atoms with Crippen molar-refractivity contribution >= 4 is 11.9 Å². The smallest absolute Gasteiger partial charge is 0.319 e. The Morgan fingerprint density at radius 3 is 2.32 bits per heavy atom. The fourth-order valence-electron chi connectivity index (χ4n) is 2.66. The van der Waals surface area contributed by atoms with E-state index in [1.165, 1.54) is 5.56 Å². The Morgan fingerprint density at radius 1 is 1.18 bits per heavy atom. The molecule has 3 amide bonds. The molecule has 1 heterocycles. The summed E-state index contributed by atoms with van der Waals surface area (Å²) in [5, 5.41) is 3.00. The quantitative estimate of drug-likeness (QED) is 0.928. The van der Waals surface area contributed by atoms with Gasteiger partial charge in [0.15, 0.2) is 0 Å². The van der Waals surface area contributed by atoms with Crippen LogP contribution in [-0.4, -0.2) is 48.9 Å². The Balaban J connectivity index is 1.77. The maximum Gasteiger partial charge on any atom is 0.319 e. The van der Waals surface area contributed by atoms with Crippen LogP contribution in [-0.2, 0) is 11.3 Å². The number of nitrogens with one attached hydrogen (secondary N) is 1. The van der Waals surface area contributed by atoms with Crippen LogP contribution in [0.2, 0.25) is 0 Å². The van der Waals surface area contributed by atoms with Crippen LogP contribution in [0.25, 0.3) is 0 Å². The van der Waals surface area contributed by atoms with Crippen LogP contribution in [0.4, 0.5) is 4.79 Å². The highest BCUT2D eigenvalue weighted by atomic mass is 16.2. The highest BCUT2D eigenvalue weighted by Gasteiger charge is 2.27. The number of carbonyl (C=O) groups excluding carboxylic acids is 2. The Bertz CT molecular complexity index is 517. The number of hydrogen-bond donors (Lipinski definition) is 1. The summed E-state index contributed by atoms with van der Waals surface area (Å²) in [6.45, 7) is 3.92. The molecule has 1 aromatic rings. The highest BCUT2D eigenvalue weighted by Crippen LogP contribution is 2.18. The average molecular weight is 303 g/mol. The summed E-state index contributed by atoms with van der Waals surface area (Å²) < 4.78 is 0. The molecule has 1 aliphatic rings. The summed E-state index contributed by atoms with van der Waals surface area (Å²) in [6.07, 6.45) is 1.47. The minimum atomic E-state index is 0.0108. The van der Waals surface area contributed by atoms with Crippen molar-refractivity contribution in [2.75, 3.05) is 27.2 Å². The van der Waals surface area contributed by atoms with E-state index in [1.54, 1.807) is 19.0 Å². The molecule has 0 atom stereocenters. The zero-order valence-electron chi connectivity index (χ0n) is 13.6. The molecular formula is C17H25N3O2. The highest BCUT2D eigenvalue weighted by molar-refractivity contribution is 5.79. The first-order valence-electron chi connectivity index (χ1n) is 7.77. The van der Waals surface area contributed by atoms with E-state index in [-0.39, 0.29) is 17.9 Å². The van der Waals surface area contributed by atoms with E-state index in [2.05, 4.69) is 5.32 Å². The Hall–Kier alpha value is -2.04. The number of rotatable bonds is 3. The van der Waals surface area contributed by atoms with Crippen molar-refractivity contribution < 1.29 is 9.59 Å². The van der Waals surface area contributed by atoms with Crippen LogP contribution in [0.1, 0.15) is 24.0 Å². The molecule has 120 valence electrons. The molecule has 1 saturated heterocycles. The molecule has 0 saturated carbocycles. The molecule has 1 N–H and O–H groups in total. The van der Waals surface area contributed by atoms with Gasteiger partial charge < -0.3 is 15.1 Å². The standard InChI is InChI=1S/C17H25N3O2/c1-13-4-6-14(7-5-13)12-18-16(21)15-8-10-20(11-9-15)17(22)19(2)3/h4-7,15H,8-12H2,1-3H3,(H,18,21). The Kier molecular flexibility index (Phi) is 5.41. The molecule has 0 radical (unpaired) electrons. The van der Waals surface area contributed by atoms with Gasteiger partial charge in [0.2, 0.25) is 5.91 Å². The number of piperidine rings is 1. The topological polar surface area (TPSA) is 52.7 Å². The lowest BCUT2D eigenvalue weighted by molar-refractivity contribution is -0.126. The number of aryl methyl sites for hydroxylation is 1. The predicted molar refractivity (Wildman–Crippen MR) is 86.4 cm³/mol. The van der Waals surface area contributed by atoms with Crippen molar-refractivity contribution in [1.82, 2.24) is 15.1 Å². The number of hydrogen-bond acceptors (Lipinski definition) is 2. The fourth-order valence-corrected chi connectivity index (χ4v) is 2.66. The minimum absolute atomic E-state index is 0.0108. The second-order valence-corrected chi connectivity index (χ2v) is 6.14. The Labute approximate surface area is 132 Å². The van der Waals surface area contributed by atoms with Crippen molar-refractivity contribution in [3.05, 3.63) is 35.4 Å². The van der Waals surface area contributed by atoms with Crippen LogP contribution < -0.4 is 5.32 Å². The maximum atomic E-state index is 12.2. The molecule has 5 nitrogen and oxygen atoms in total. The Morgan fingerprint density at radius 2 is 1.77 bits per heavy atom. The van der Waals surface area contributed by atoms with Gasteiger partial charge >= 0.3 is 6.03 Å². The van der Waals surface area contributed by atoms with Crippen molar-refractivity contribution in [1.29, 1.82) is 0 Å². The van der Waals surface area contributed by atoms with E-state index >= 15 is 0 Å². The molecule has 1 aliphatic heterocycles. The van der Waals surface area contributed by atoms with Gasteiger partial charge in [-0.2, -0.15) is 0 Å². The number of benzene rings is 1. The molecule has 0 spiro atoms. The van der Waals surface area contributed by atoms with Crippen LogP contribution in [0.15, 0.2) is 24.3 Å². The van der Waals surface area contributed by atoms with Crippen LogP contribution >= 0.6 is 0 Å². The largest absolute Gasteiger partial charge is 0.352 e. The van der Waals surface area contributed by atoms with E-state index < -0.39 is 0 Å². The van der Waals surface area contributed by atoms with Gasteiger partial charge in [-0.25, -0.2) is 4.79 Å². The second kappa shape index (κ2) is 7.29. The summed E-state index contributed by atoms with van der Waals surface area (Å²) in [5.41, 5.74) is 2.33. The van der Waals surface area contributed by atoms with E-state index in [4.69, 9.17) is 0 Å². The minimum Gasteiger partial charge on any atom is -0.352 e. The lowest BCUT2D eigenvalue weighted by atomic mass is 9.96. The van der Waals surface area contributed by atoms with Gasteiger partial charge in [-0.3, -0.25) is 4.79 Å². The molecule has 0 unspecified atom stereocenters. The summed E-state index contributed by atoms with van der Waals surface area (Å²) in [4.78, 5) is 27.5. The van der Waals surface area contributed by atoms with E-state index in [9.17, 15) is 9.59 Å². The third-order valence-electron chi connectivity index (χ3n) is 4.11. The van der Waals surface area contributed by atoms with Crippen LogP contribution in [0, 0.1) is 12.8 Å². The van der Waals surface area contributed by atoms with Crippen molar-refractivity contribution in [3.8, 4) is 0 Å². The summed E-state index contributed by atoms with van der Waals surface area (Å²) in [7, 11) is 3.51. The van der Waals surface area contributed by atoms with Gasteiger partial charge in [-0.05, 0) is 25.3 Å². The molecule has 5 heteroatoms. The molecule has 0 aliphatic carbocycles. The first kappa shape index (κ1) is 16.3. The molecule has 1 aromatic carbocycles. The number of likely N-dealkylation sites (tertiary alicyclic amines) is 1. The van der Waals surface area contributed by atoms with Crippen molar-refractivity contribution in [3.63, 3.8) is 0 Å². The van der Waals surface area contributed by atoms with E-state index in [1.807, 2.05) is 36.1 Å². The summed E-state index contributed by atoms with van der Waals surface area (Å²) in [5.74, 6) is 0.106. The van der Waals surface area contributed by atoms with Gasteiger partial charge in [0.25, 0.3) is 0 Å². The number of amides is 3. The molecule has 22 heavy (non-hydrogen) atoms. The lowest BCUT2D eigenvalue weighted by Crippen LogP contribution is -2.46. The van der Waals surface area contributed by atoms with Crippen molar-refractivity contribution in [2.24, 2.45) is 5.92 Å². The van der Waals surface area contributed by atoms with E-state index in [0.29, 0.717) is 19.6 Å². The first-order valence-corrected chi connectivity index (χ1v) is 7.77. The molecule has 1 fully saturated rings. The molecule has 0 bridgehead atoms. The van der Waals surface area contributed by atoms with Crippen molar-refractivity contribution in [2.45, 2.75) is 26.3 Å². The fraction of sp³-hybridized carbons (Fsp3) is 0.529. The molecule has 2 rings (SSSR count). The zero-order chi connectivity index (χ0) is 16.1. The zero-order valence-corrected chi connectivity index (χ0v) is 13.6. The van der Waals surface area contributed by atoms with E-state index in [0.717, 1.165) is 18.4 Å². The lowest BCUT2D eigenvalue weighted by Gasteiger charge is -2.33. The average Bonchev–Trinajstić information content (AvgIpc) is 2.53. The van der Waals surface area contributed by atoms with Gasteiger partial charge in [0.1, 0.15) is 0 Å². The van der Waals surface area contributed by atoms with Gasteiger partial charge in [-0.1, -0.05) is 29.8 Å². The molecule has 0 aromatic heterocycles. The van der Waals surface area contributed by atoms with Crippen LogP contribution in [0.5, 0.6) is 0 Å². The van der Waals surface area contributed by atoms with Crippen LogP contribution in [0.3, 0.4) is 0 Å². The normalized spacial score (nSPS) is 15.5. The third-order valence-corrected chi connectivity index (χ3v) is 4.11. The number of urea groups is 1. The van der Waals surface area contributed by atoms with Gasteiger partial charge in [0.05, 0.1) is 0 Å². The number of nitrogens with zero attached hydrogens (tertiary/aromatic N) is 2. The number of carbonyl (C=O) groups is 2. The summed E-state index contributed by atoms with van der Waals surface area (Å²) in [6, 6.07) is 8.19. The van der Waals surface area contributed by atoms with Gasteiger partial charge in [-0.15, -0.1) is 0 Å². The maximum absolute atomic E-state index is 12.2. The van der Waals surface area contributed by atoms with Gasteiger partial charge in [0, 0.05) is 39.6 Å². The second-order valence-electron chi connectivity index (χ2n) is 6.14. The first-order chi connectivity index (χ1) is 10.5. The monoisotopic (exact) mass is 303 g/mol. The molecular weight excluding hydrogens is 278 g/mol.